The molecule has 0 saturated carbocycles. The average Bonchev–Trinajstić information content (AvgIpc) is 3.33. The summed E-state index contributed by atoms with van der Waals surface area (Å²) < 4.78 is 41.2. The molecule has 3 N–H and O–H groups in total. The van der Waals surface area contributed by atoms with Gasteiger partial charge in [0.1, 0.15) is 63.7 Å². The van der Waals surface area contributed by atoms with E-state index in [-0.39, 0.29) is 19.6 Å². The number of nitrogens with zero attached hydrogens (tertiary/aromatic N) is 1. The van der Waals surface area contributed by atoms with Crippen LogP contribution in [0.25, 0.3) is 0 Å². The van der Waals surface area contributed by atoms with Crippen LogP contribution < -0.4 is 16.0 Å². The maximum atomic E-state index is 12.7. The summed E-state index contributed by atoms with van der Waals surface area (Å²) in [7, 11) is 0. The molecule has 0 aliphatic rings. The van der Waals surface area contributed by atoms with Crippen molar-refractivity contribution in [2.75, 3.05) is 79.0 Å². The second-order valence-corrected chi connectivity index (χ2v) is 14.6. The van der Waals surface area contributed by atoms with Gasteiger partial charge in [0.25, 0.3) is 0 Å². The fourth-order valence-electron chi connectivity index (χ4n) is 5.16. The van der Waals surface area contributed by atoms with E-state index < -0.39 is 124 Å². The van der Waals surface area contributed by atoms with E-state index in [0.717, 1.165) is 41.4 Å². The standard InChI is InChI=1S/C45H64N4O18/c1-8-35(51)60-26-44(27-61-36(52)9-2,28-62-37(53)10-3)32-66-42(58)47-23-19-15-14-18-22-46-41(57)49(34(7)50)25-21-17-16-20-24-48-43(59)67-33-45(29-63-38(54)11-4,30-64-39(55)12-5)31-65-40(56)13-6/h8-13H,1-6,14-33H2,7H3,(H,46,57)(H,47,58)(H,48,59). The Morgan fingerprint density at radius 2 is 0.642 bits per heavy atom. The molecule has 0 rings (SSSR count). The molecule has 0 unspecified atom stereocenters. The molecule has 0 aromatic carbocycles. The van der Waals surface area contributed by atoms with Crippen molar-refractivity contribution in [3.05, 3.63) is 75.9 Å². The molecule has 0 radical (unpaired) electrons. The van der Waals surface area contributed by atoms with E-state index in [9.17, 15) is 47.9 Å². The van der Waals surface area contributed by atoms with Gasteiger partial charge in [-0.15, -0.1) is 0 Å². The predicted molar refractivity (Wildman–Crippen MR) is 238 cm³/mol. The summed E-state index contributed by atoms with van der Waals surface area (Å²) in [5.41, 5.74) is -2.95. The topological polar surface area (TPSA) is 284 Å². The molecular formula is C45H64N4O18. The molecule has 0 spiro atoms. The van der Waals surface area contributed by atoms with Crippen LogP contribution in [0.4, 0.5) is 14.4 Å². The normalized spacial score (nSPS) is 10.5. The lowest BCUT2D eigenvalue weighted by Crippen LogP contribution is -2.44. The number of unbranched alkanes of at least 4 members (excludes halogenated alkanes) is 6. The zero-order valence-electron chi connectivity index (χ0n) is 38.1. The summed E-state index contributed by atoms with van der Waals surface area (Å²) in [5.74, 6) is -5.34. The number of nitrogens with one attached hydrogen (secondary N) is 3. The van der Waals surface area contributed by atoms with E-state index in [1.165, 1.54) is 6.92 Å². The summed E-state index contributed by atoms with van der Waals surface area (Å²) in [6, 6.07) is -0.538. The van der Waals surface area contributed by atoms with Crippen molar-refractivity contribution in [3.63, 3.8) is 0 Å². The minimum Gasteiger partial charge on any atom is -0.462 e. The molecule has 0 bridgehead atoms. The predicted octanol–water partition coefficient (Wildman–Crippen LogP) is 3.47. The van der Waals surface area contributed by atoms with Gasteiger partial charge in [0.05, 0.1) is 0 Å². The third-order valence-corrected chi connectivity index (χ3v) is 8.99. The van der Waals surface area contributed by atoms with E-state index in [4.69, 9.17) is 37.9 Å². The van der Waals surface area contributed by atoms with Crippen LogP contribution in [0.2, 0.25) is 0 Å². The van der Waals surface area contributed by atoms with Crippen molar-refractivity contribution in [2.24, 2.45) is 10.8 Å². The Morgan fingerprint density at radius 1 is 0.388 bits per heavy atom. The lowest BCUT2D eigenvalue weighted by molar-refractivity contribution is -0.161. The van der Waals surface area contributed by atoms with Crippen LogP contribution in [0, 0.1) is 10.8 Å². The number of carbonyl (C=O) groups is 10. The van der Waals surface area contributed by atoms with Crippen LogP contribution >= 0.6 is 0 Å². The Hall–Kier alpha value is -7.26. The summed E-state index contributed by atoms with van der Waals surface area (Å²) in [4.78, 5) is 122. The smallest absolute Gasteiger partial charge is 0.407 e. The first-order chi connectivity index (χ1) is 31.9. The minimum atomic E-state index is -1.48. The first-order valence-corrected chi connectivity index (χ1v) is 21.1. The van der Waals surface area contributed by atoms with Crippen molar-refractivity contribution in [2.45, 2.75) is 58.3 Å². The number of ether oxygens (including phenoxy) is 8. The highest BCUT2D eigenvalue weighted by molar-refractivity contribution is 5.93. The molecule has 0 atom stereocenters. The Kier molecular flexibility index (Phi) is 31.3. The Labute approximate surface area is 390 Å². The Balaban J connectivity index is 4.74. The molecule has 0 saturated heterocycles. The van der Waals surface area contributed by atoms with Crippen LogP contribution in [-0.2, 0) is 71.5 Å². The number of imide groups is 1. The van der Waals surface area contributed by atoms with Crippen molar-refractivity contribution in [3.8, 4) is 0 Å². The van der Waals surface area contributed by atoms with Gasteiger partial charge in [0.15, 0.2) is 0 Å². The highest BCUT2D eigenvalue weighted by atomic mass is 16.6. The van der Waals surface area contributed by atoms with E-state index >= 15 is 0 Å². The number of hydrogen-bond donors (Lipinski definition) is 3. The highest BCUT2D eigenvalue weighted by Crippen LogP contribution is 2.23. The van der Waals surface area contributed by atoms with Crippen LogP contribution in [-0.4, -0.2) is 144 Å². The molecule has 22 heteroatoms. The summed E-state index contributed by atoms with van der Waals surface area (Å²) in [6.07, 6.45) is 8.48. The minimum absolute atomic E-state index is 0.171. The second-order valence-electron chi connectivity index (χ2n) is 14.6. The number of alkyl carbamates (subject to hydrolysis) is 2. The molecule has 0 heterocycles. The van der Waals surface area contributed by atoms with Gasteiger partial charge in [-0.05, 0) is 25.7 Å². The van der Waals surface area contributed by atoms with Crippen molar-refractivity contribution in [1.82, 2.24) is 20.9 Å². The van der Waals surface area contributed by atoms with Crippen molar-refractivity contribution >= 4 is 59.9 Å². The van der Waals surface area contributed by atoms with Gasteiger partial charge >= 0.3 is 54.0 Å². The van der Waals surface area contributed by atoms with Crippen LogP contribution in [0.3, 0.4) is 0 Å². The third-order valence-electron chi connectivity index (χ3n) is 8.99. The third kappa shape index (κ3) is 28.3. The lowest BCUT2D eigenvalue weighted by atomic mass is 9.92. The van der Waals surface area contributed by atoms with E-state index in [2.05, 4.69) is 55.4 Å². The Morgan fingerprint density at radius 3 is 0.910 bits per heavy atom. The maximum absolute atomic E-state index is 12.7. The number of urea groups is 1. The van der Waals surface area contributed by atoms with Gasteiger partial charge in [-0.25, -0.2) is 43.2 Å². The van der Waals surface area contributed by atoms with E-state index in [0.29, 0.717) is 57.9 Å². The molecule has 22 nitrogen and oxygen atoms in total. The fourth-order valence-corrected chi connectivity index (χ4v) is 5.16. The number of carbonyl (C=O) groups excluding carboxylic acids is 10. The largest absolute Gasteiger partial charge is 0.462 e. The first-order valence-electron chi connectivity index (χ1n) is 21.1. The molecule has 67 heavy (non-hydrogen) atoms. The van der Waals surface area contributed by atoms with Gasteiger partial charge in [-0.1, -0.05) is 65.2 Å². The zero-order valence-corrected chi connectivity index (χ0v) is 38.1. The van der Waals surface area contributed by atoms with E-state index in [1.807, 2.05) is 0 Å². The molecule has 0 aliphatic heterocycles. The van der Waals surface area contributed by atoms with Crippen molar-refractivity contribution in [1.29, 1.82) is 0 Å². The average molecular weight is 949 g/mol. The van der Waals surface area contributed by atoms with Gasteiger partial charge in [-0.3, -0.25) is 9.69 Å². The van der Waals surface area contributed by atoms with Crippen LogP contribution in [0.15, 0.2) is 75.9 Å². The molecule has 0 aromatic rings. The monoisotopic (exact) mass is 948 g/mol. The molecule has 5 amide bonds. The van der Waals surface area contributed by atoms with Crippen LogP contribution in [0.1, 0.15) is 58.3 Å². The van der Waals surface area contributed by atoms with E-state index in [1.54, 1.807) is 0 Å². The number of amides is 5. The van der Waals surface area contributed by atoms with Crippen LogP contribution in [0.5, 0.6) is 0 Å². The second kappa shape index (κ2) is 35.1. The summed E-state index contributed by atoms with van der Waals surface area (Å²) >= 11 is 0. The van der Waals surface area contributed by atoms with Crippen molar-refractivity contribution < 1.29 is 85.8 Å². The van der Waals surface area contributed by atoms with Gasteiger partial charge in [0.2, 0.25) is 5.91 Å². The molecule has 0 fully saturated rings. The molecule has 0 aliphatic carbocycles. The lowest BCUT2D eigenvalue weighted by Gasteiger charge is -2.31. The zero-order chi connectivity index (χ0) is 50.5. The Bertz CT molecular complexity index is 1630. The first kappa shape index (κ1) is 59.7. The van der Waals surface area contributed by atoms with Gasteiger partial charge < -0.3 is 53.8 Å². The SMILES string of the molecule is C=CC(=O)OCC(COC(=O)C=C)(COC(=O)C=C)COC(=O)NCCCCCCNC(=O)N(CCCCCCNC(=O)OCC(COC(=O)C=C)(COC(=O)C=C)COC(=O)C=C)C(C)=O. The molecular weight excluding hydrogens is 885 g/mol. The fraction of sp³-hybridized carbons (Fsp3) is 0.511. The molecule has 372 valence electrons. The highest BCUT2D eigenvalue weighted by Gasteiger charge is 2.39. The number of esters is 6. The van der Waals surface area contributed by atoms with Gasteiger partial charge in [0, 0.05) is 69.6 Å². The van der Waals surface area contributed by atoms with Gasteiger partial charge in [-0.2, -0.15) is 0 Å². The summed E-state index contributed by atoms with van der Waals surface area (Å²) in [5, 5.41) is 7.88. The number of rotatable bonds is 36. The number of hydrogen-bond acceptors (Lipinski definition) is 18. The maximum Gasteiger partial charge on any atom is 0.407 e. The quantitative estimate of drug-likeness (QED) is 0.0351. The molecule has 0 aromatic heterocycles. The summed E-state index contributed by atoms with van der Waals surface area (Å²) in [6.45, 7) is 18.3.